The van der Waals surface area contributed by atoms with E-state index in [2.05, 4.69) is 185 Å². The maximum atomic E-state index is 2.45. The molecule has 0 amide bonds. The minimum Gasteiger partial charge on any atom is -0.309 e. The van der Waals surface area contributed by atoms with Crippen LogP contribution in [0.4, 0.5) is 0 Å². The molecule has 0 N–H and O–H groups in total. The van der Waals surface area contributed by atoms with Crippen LogP contribution in [-0.4, -0.2) is 15.8 Å². The summed E-state index contributed by atoms with van der Waals surface area (Å²) in [7, 11) is 0. The van der Waals surface area contributed by atoms with Crippen LogP contribution in [0.3, 0.4) is 0 Å². The molecule has 210 valence electrons. The van der Waals surface area contributed by atoms with Gasteiger partial charge in [0.1, 0.15) is 0 Å². The molecule has 0 aliphatic rings. The standard InChI is InChI=1S/C42H29BN2/c1-4-15-30(16-5-1)43(31-17-6-2-7-18-31)32-19-14-22-34(27-32)45-40-26-13-11-24-36(40)38-28-37-35-23-10-12-25-39(35)44(41(37)29-42(38)45)33-20-8-3-9-21-33/h1-29H. The molecular formula is C42H29BN2. The van der Waals surface area contributed by atoms with Crippen LogP contribution in [0.2, 0.25) is 0 Å². The number of para-hydroxylation sites is 3. The molecule has 0 saturated heterocycles. The molecule has 2 heterocycles. The Morgan fingerprint density at radius 1 is 0.289 bits per heavy atom. The summed E-state index contributed by atoms with van der Waals surface area (Å²) in [4.78, 5) is 0. The second-order valence-corrected chi connectivity index (χ2v) is 11.8. The summed E-state index contributed by atoms with van der Waals surface area (Å²) in [6.45, 7) is 0.132. The van der Waals surface area contributed by atoms with Gasteiger partial charge in [-0.25, -0.2) is 0 Å². The third-order valence-electron chi connectivity index (χ3n) is 9.21. The zero-order valence-electron chi connectivity index (χ0n) is 24.7. The summed E-state index contributed by atoms with van der Waals surface area (Å²) in [5.74, 6) is 0. The number of fused-ring (bicyclic) bond motifs is 6. The highest BCUT2D eigenvalue weighted by atomic mass is 15.0. The quantitative estimate of drug-likeness (QED) is 0.183. The van der Waals surface area contributed by atoms with Gasteiger partial charge in [0.2, 0.25) is 6.71 Å². The van der Waals surface area contributed by atoms with Gasteiger partial charge < -0.3 is 9.13 Å². The Labute approximate surface area is 262 Å². The Hall–Kier alpha value is -5.80. The Balaban J connectivity index is 1.34. The Bertz CT molecular complexity index is 2440. The SMILES string of the molecule is c1ccc(B(c2ccccc2)c2cccc(-n3c4ccccc4c4cc5c6ccccc6n(-c6ccccc6)c5cc43)c2)cc1. The minimum absolute atomic E-state index is 0.132. The third-order valence-corrected chi connectivity index (χ3v) is 9.21. The molecule has 3 heteroatoms. The van der Waals surface area contributed by atoms with Crippen molar-refractivity contribution < 1.29 is 0 Å². The van der Waals surface area contributed by atoms with Crippen molar-refractivity contribution in [3.05, 3.63) is 176 Å². The molecule has 7 aromatic carbocycles. The van der Waals surface area contributed by atoms with Crippen LogP contribution in [0.5, 0.6) is 0 Å². The lowest BCUT2D eigenvalue weighted by molar-refractivity contribution is 1.17. The van der Waals surface area contributed by atoms with Crippen molar-refractivity contribution in [2.45, 2.75) is 0 Å². The normalized spacial score (nSPS) is 11.6. The smallest absolute Gasteiger partial charge is 0.241 e. The van der Waals surface area contributed by atoms with E-state index in [1.807, 2.05) is 0 Å². The van der Waals surface area contributed by atoms with Gasteiger partial charge in [0.05, 0.1) is 22.1 Å². The van der Waals surface area contributed by atoms with Gasteiger partial charge in [0.15, 0.2) is 0 Å². The summed E-state index contributed by atoms with van der Waals surface area (Å²) >= 11 is 0. The minimum atomic E-state index is 0.132. The van der Waals surface area contributed by atoms with Crippen molar-refractivity contribution in [3.8, 4) is 11.4 Å². The highest BCUT2D eigenvalue weighted by molar-refractivity contribution is 6.95. The molecule has 0 aliphatic heterocycles. The fourth-order valence-electron chi connectivity index (χ4n) is 7.28. The van der Waals surface area contributed by atoms with Crippen molar-refractivity contribution in [2.75, 3.05) is 0 Å². The van der Waals surface area contributed by atoms with Gasteiger partial charge >= 0.3 is 0 Å². The van der Waals surface area contributed by atoms with Crippen molar-refractivity contribution in [3.63, 3.8) is 0 Å². The van der Waals surface area contributed by atoms with Crippen molar-refractivity contribution in [1.82, 2.24) is 9.13 Å². The lowest BCUT2D eigenvalue weighted by Gasteiger charge is -2.17. The van der Waals surface area contributed by atoms with E-state index in [4.69, 9.17) is 0 Å². The molecule has 9 rings (SSSR count). The molecule has 0 radical (unpaired) electrons. The van der Waals surface area contributed by atoms with Crippen LogP contribution in [-0.2, 0) is 0 Å². The van der Waals surface area contributed by atoms with Crippen LogP contribution < -0.4 is 16.4 Å². The van der Waals surface area contributed by atoms with E-state index in [-0.39, 0.29) is 6.71 Å². The average Bonchev–Trinajstić information content (AvgIpc) is 3.61. The van der Waals surface area contributed by atoms with Crippen molar-refractivity contribution in [1.29, 1.82) is 0 Å². The molecule has 0 aliphatic carbocycles. The molecule has 0 saturated carbocycles. The lowest BCUT2D eigenvalue weighted by atomic mass is 9.37. The molecule has 2 nitrogen and oxygen atoms in total. The Morgan fingerprint density at radius 3 is 1.31 bits per heavy atom. The number of hydrogen-bond acceptors (Lipinski definition) is 0. The van der Waals surface area contributed by atoms with E-state index in [1.165, 1.54) is 65.7 Å². The largest absolute Gasteiger partial charge is 0.309 e. The summed E-state index contributed by atoms with van der Waals surface area (Å²) < 4.78 is 4.86. The van der Waals surface area contributed by atoms with E-state index < -0.39 is 0 Å². The first kappa shape index (κ1) is 25.7. The first-order valence-corrected chi connectivity index (χ1v) is 15.6. The lowest BCUT2D eigenvalue weighted by Crippen LogP contribution is -2.51. The molecule has 0 atom stereocenters. The van der Waals surface area contributed by atoms with Crippen molar-refractivity contribution >= 4 is 66.7 Å². The zero-order valence-corrected chi connectivity index (χ0v) is 24.7. The summed E-state index contributed by atoms with van der Waals surface area (Å²) in [6.07, 6.45) is 0. The number of benzene rings is 7. The predicted octanol–water partition coefficient (Wildman–Crippen LogP) is 8.40. The van der Waals surface area contributed by atoms with Crippen molar-refractivity contribution in [2.24, 2.45) is 0 Å². The first-order chi connectivity index (χ1) is 22.3. The van der Waals surface area contributed by atoms with Crippen LogP contribution in [0.15, 0.2) is 176 Å². The van der Waals surface area contributed by atoms with E-state index in [1.54, 1.807) is 0 Å². The van der Waals surface area contributed by atoms with Gasteiger partial charge in [-0.2, -0.15) is 0 Å². The molecule has 2 aromatic heterocycles. The maximum Gasteiger partial charge on any atom is 0.241 e. The molecule has 0 bridgehead atoms. The Kier molecular flexibility index (Phi) is 5.95. The van der Waals surface area contributed by atoms with Gasteiger partial charge in [0, 0.05) is 32.9 Å². The second-order valence-electron chi connectivity index (χ2n) is 11.8. The van der Waals surface area contributed by atoms with Crippen LogP contribution in [0, 0.1) is 0 Å². The molecule has 0 spiro atoms. The molecule has 45 heavy (non-hydrogen) atoms. The van der Waals surface area contributed by atoms with Gasteiger partial charge in [-0.15, -0.1) is 0 Å². The van der Waals surface area contributed by atoms with Gasteiger partial charge in [-0.3, -0.25) is 0 Å². The van der Waals surface area contributed by atoms with Crippen LogP contribution in [0.1, 0.15) is 0 Å². The van der Waals surface area contributed by atoms with E-state index >= 15 is 0 Å². The van der Waals surface area contributed by atoms with E-state index in [9.17, 15) is 0 Å². The Morgan fingerprint density at radius 2 is 0.733 bits per heavy atom. The average molecular weight is 573 g/mol. The highest BCUT2D eigenvalue weighted by Gasteiger charge is 2.23. The molecule has 0 unspecified atom stereocenters. The van der Waals surface area contributed by atoms with Gasteiger partial charge in [-0.1, -0.05) is 144 Å². The van der Waals surface area contributed by atoms with Gasteiger partial charge in [0.25, 0.3) is 0 Å². The fourth-order valence-corrected chi connectivity index (χ4v) is 7.28. The third kappa shape index (κ3) is 4.12. The number of rotatable bonds is 5. The summed E-state index contributed by atoms with van der Waals surface area (Å²) in [5.41, 5.74) is 11.0. The molecule has 0 fully saturated rings. The molecule has 9 aromatic rings. The maximum absolute atomic E-state index is 2.45. The second kappa shape index (κ2) is 10.4. The van der Waals surface area contributed by atoms with Crippen LogP contribution in [0.25, 0.3) is 55.0 Å². The number of nitrogens with zero attached hydrogens (tertiary/aromatic N) is 2. The van der Waals surface area contributed by atoms with Gasteiger partial charge in [-0.05, 0) is 48.5 Å². The van der Waals surface area contributed by atoms with E-state index in [0.717, 1.165) is 5.69 Å². The number of aromatic nitrogens is 2. The topological polar surface area (TPSA) is 9.86 Å². The molecular weight excluding hydrogens is 543 g/mol. The first-order valence-electron chi connectivity index (χ1n) is 15.6. The fraction of sp³-hybridized carbons (Fsp3) is 0. The summed E-state index contributed by atoms with van der Waals surface area (Å²) in [5, 5.41) is 5.07. The monoisotopic (exact) mass is 572 g/mol. The summed E-state index contributed by atoms with van der Waals surface area (Å²) in [6, 6.07) is 63.9. The van der Waals surface area contributed by atoms with Crippen LogP contribution >= 0.6 is 0 Å². The van der Waals surface area contributed by atoms with E-state index in [0.29, 0.717) is 0 Å². The number of hydrogen-bond donors (Lipinski definition) is 0. The predicted molar refractivity (Wildman–Crippen MR) is 193 cm³/mol. The zero-order chi connectivity index (χ0) is 29.7. The highest BCUT2D eigenvalue weighted by Crippen LogP contribution is 2.39.